The number of nitrogens with zero attached hydrogens (tertiary/aromatic N) is 1. The highest BCUT2D eigenvalue weighted by atomic mass is 14.7. The Morgan fingerprint density at radius 3 is 2.78 bits per heavy atom. The van der Waals surface area contributed by atoms with E-state index < -0.39 is 0 Å². The van der Waals surface area contributed by atoms with Crippen molar-refractivity contribution in [3.63, 3.8) is 0 Å². The molecule has 2 rings (SSSR count). The highest BCUT2D eigenvalue weighted by molar-refractivity contribution is 5.61. The number of rotatable bonds is 0. The molecule has 0 aromatic carbocycles. The van der Waals surface area contributed by atoms with E-state index >= 15 is 0 Å². The molecule has 0 saturated carbocycles. The van der Waals surface area contributed by atoms with Gasteiger partial charge in [0.15, 0.2) is 0 Å². The van der Waals surface area contributed by atoms with Gasteiger partial charge in [0.25, 0.3) is 0 Å². The van der Waals surface area contributed by atoms with Gasteiger partial charge in [-0.2, -0.15) is 6.20 Å². The van der Waals surface area contributed by atoms with E-state index in [9.17, 15) is 0 Å². The van der Waals surface area contributed by atoms with E-state index in [1.807, 2.05) is 24.4 Å². The molecule has 0 N–H and O–H groups in total. The summed E-state index contributed by atoms with van der Waals surface area (Å²) in [5, 5.41) is 0. The minimum absolute atomic E-state index is 1.08. The van der Waals surface area contributed by atoms with Gasteiger partial charge in [0.2, 0.25) is 0 Å². The first-order valence-electron chi connectivity index (χ1n) is 2.93. The topological polar surface area (TPSA) is 14.1 Å². The number of hydrogen-bond acceptors (Lipinski definition) is 0. The lowest BCUT2D eigenvalue weighted by molar-refractivity contribution is 1.30. The molecular formula is C8H6N-. The molecule has 0 amide bonds. The van der Waals surface area contributed by atoms with E-state index in [0.717, 1.165) is 5.69 Å². The molecule has 2 aliphatic rings. The first-order valence-corrected chi connectivity index (χ1v) is 2.93. The van der Waals surface area contributed by atoms with Crippen molar-refractivity contribution in [2.75, 3.05) is 0 Å². The Balaban J connectivity index is 2.79. The zero-order valence-corrected chi connectivity index (χ0v) is 4.91. The highest BCUT2D eigenvalue weighted by Crippen LogP contribution is 2.17. The monoisotopic (exact) mass is 116 g/mol. The van der Waals surface area contributed by atoms with Crippen molar-refractivity contribution in [2.45, 2.75) is 0 Å². The number of fused-ring (bicyclic) bond motifs is 1. The predicted octanol–water partition coefficient (Wildman–Crippen LogP) is 1.75. The third-order valence-electron chi connectivity index (χ3n) is 1.40. The Bertz CT molecular complexity index is 245. The molecule has 1 nitrogen and oxygen atoms in total. The predicted molar refractivity (Wildman–Crippen MR) is 36.4 cm³/mol. The first-order chi connectivity index (χ1) is 4.47. The molecule has 1 aliphatic carbocycles. The summed E-state index contributed by atoms with van der Waals surface area (Å²) in [7, 11) is 0. The van der Waals surface area contributed by atoms with Gasteiger partial charge in [-0.15, -0.1) is 5.69 Å². The van der Waals surface area contributed by atoms with Gasteiger partial charge in [-0.3, -0.25) is 0 Å². The average molecular weight is 116 g/mol. The summed E-state index contributed by atoms with van der Waals surface area (Å²) in [5.74, 6) is 0. The van der Waals surface area contributed by atoms with Crippen LogP contribution in [0.3, 0.4) is 0 Å². The van der Waals surface area contributed by atoms with Crippen LogP contribution >= 0.6 is 0 Å². The number of hydrogen-bond donors (Lipinski definition) is 0. The molecule has 0 bridgehead atoms. The summed E-state index contributed by atoms with van der Waals surface area (Å²) in [6.45, 7) is 0. The minimum atomic E-state index is 1.08. The van der Waals surface area contributed by atoms with Crippen molar-refractivity contribution >= 4 is 0 Å². The lowest BCUT2D eigenvalue weighted by atomic mass is 10.2. The van der Waals surface area contributed by atoms with E-state index in [1.54, 1.807) is 0 Å². The second kappa shape index (κ2) is 1.62. The maximum absolute atomic E-state index is 4.14. The van der Waals surface area contributed by atoms with Gasteiger partial charge in [0.1, 0.15) is 0 Å². The van der Waals surface area contributed by atoms with Crippen LogP contribution in [0.4, 0.5) is 0 Å². The van der Waals surface area contributed by atoms with E-state index in [1.165, 1.54) is 5.56 Å². The maximum Gasteiger partial charge on any atom is -0.0405 e. The smallest absolute Gasteiger partial charge is 0.0405 e. The van der Waals surface area contributed by atoms with Crippen molar-refractivity contribution in [1.82, 2.24) is 4.98 Å². The van der Waals surface area contributed by atoms with Gasteiger partial charge >= 0.3 is 0 Å². The molecule has 1 aliphatic heterocycles. The first kappa shape index (κ1) is 4.62. The van der Waals surface area contributed by atoms with Crippen LogP contribution in [0, 0.1) is 0 Å². The zero-order chi connectivity index (χ0) is 6.10. The SMILES string of the molecule is c1c[n-]c2cccc-2c1. The Morgan fingerprint density at radius 1 is 1.00 bits per heavy atom. The third kappa shape index (κ3) is 0.617. The molecule has 0 aromatic rings. The summed E-state index contributed by atoms with van der Waals surface area (Å²) in [6.07, 6.45) is 1.81. The van der Waals surface area contributed by atoms with Crippen LogP contribution in [0.1, 0.15) is 0 Å². The molecule has 0 atom stereocenters. The number of pyridine rings is 1. The van der Waals surface area contributed by atoms with Gasteiger partial charge < -0.3 is 4.98 Å². The van der Waals surface area contributed by atoms with Crippen LogP contribution in [0.2, 0.25) is 0 Å². The van der Waals surface area contributed by atoms with Crippen molar-refractivity contribution in [3.05, 3.63) is 36.5 Å². The fourth-order valence-electron chi connectivity index (χ4n) is 0.953. The summed E-state index contributed by atoms with van der Waals surface area (Å²) < 4.78 is 0. The molecule has 1 heteroatoms. The van der Waals surface area contributed by atoms with E-state index in [4.69, 9.17) is 0 Å². The van der Waals surface area contributed by atoms with E-state index in [-0.39, 0.29) is 0 Å². The summed E-state index contributed by atoms with van der Waals surface area (Å²) in [5.41, 5.74) is 2.30. The highest BCUT2D eigenvalue weighted by Gasteiger charge is 1.87. The molecule has 9 heavy (non-hydrogen) atoms. The maximum atomic E-state index is 4.14. The van der Waals surface area contributed by atoms with Crippen LogP contribution in [0.5, 0.6) is 0 Å². The molecule has 0 unspecified atom stereocenters. The standard InChI is InChI=1S/C8H6N/c1-3-7-4-2-6-9-8(7)5-1/h1-6H/q-1. The Hall–Kier alpha value is -1.24. The minimum Gasteiger partial charge on any atom is -0.664 e. The van der Waals surface area contributed by atoms with Crippen LogP contribution < -0.4 is 4.98 Å². The second-order valence-corrected chi connectivity index (χ2v) is 2.00. The summed E-state index contributed by atoms with van der Waals surface area (Å²) >= 11 is 0. The summed E-state index contributed by atoms with van der Waals surface area (Å²) in [4.78, 5) is 4.14. The largest absolute Gasteiger partial charge is 0.664 e. The van der Waals surface area contributed by atoms with Crippen molar-refractivity contribution in [2.24, 2.45) is 0 Å². The fourth-order valence-corrected chi connectivity index (χ4v) is 0.953. The molecule has 44 valence electrons. The zero-order valence-electron chi connectivity index (χ0n) is 4.91. The Morgan fingerprint density at radius 2 is 1.89 bits per heavy atom. The van der Waals surface area contributed by atoms with Gasteiger partial charge in [0, 0.05) is 0 Å². The summed E-state index contributed by atoms with van der Waals surface area (Å²) in [6, 6.07) is 10.1. The van der Waals surface area contributed by atoms with Gasteiger partial charge in [-0.1, -0.05) is 30.3 Å². The van der Waals surface area contributed by atoms with E-state index in [2.05, 4.69) is 17.1 Å². The number of aromatic nitrogens is 1. The molecular weight excluding hydrogens is 110 g/mol. The van der Waals surface area contributed by atoms with Crippen molar-refractivity contribution in [1.29, 1.82) is 0 Å². The van der Waals surface area contributed by atoms with Crippen LogP contribution in [-0.2, 0) is 0 Å². The molecule has 0 fully saturated rings. The van der Waals surface area contributed by atoms with Gasteiger partial charge in [-0.05, 0) is 5.56 Å². The molecule has 0 spiro atoms. The second-order valence-electron chi connectivity index (χ2n) is 2.00. The fraction of sp³-hybridized carbons (Fsp3) is 0. The van der Waals surface area contributed by atoms with Crippen molar-refractivity contribution < 1.29 is 0 Å². The van der Waals surface area contributed by atoms with Gasteiger partial charge in [-0.25, -0.2) is 0 Å². The van der Waals surface area contributed by atoms with Crippen LogP contribution in [0.15, 0.2) is 36.5 Å². The Kier molecular flexibility index (Phi) is 0.833. The van der Waals surface area contributed by atoms with Gasteiger partial charge in [0.05, 0.1) is 0 Å². The lowest BCUT2D eigenvalue weighted by Crippen LogP contribution is -1.78. The molecule has 0 aromatic heterocycles. The van der Waals surface area contributed by atoms with Crippen LogP contribution in [0.25, 0.3) is 11.3 Å². The average Bonchev–Trinajstić information content (AvgIpc) is 2.33. The van der Waals surface area contributed by atoms with Crippen molar-refractivity contribution in [3.8, 4) is 11.3 Å². The quantitative estimate of drug-likeness (QED) is 0.511. The molecule has 0 radical (unpaired) electrons. The van der Waals surface area contributed by atoms with E-state index in [0.29, 0.717) is 0 Å². The third-order valence-corrected chi connectivity index (χ3v) is 1.40. The molecule has 0 saturated heterocycles. The van der Waals surface area contributed by atoms with Crippen LogP contribution in [-0.4, -0.2) is 0 Å². The Labute approximate surface area is 53.7 Å². The normalized spacial score (nSPS) is 10.2. The molecule has 1 heterocycles. The lowest BCUT2D eigenvalue weighted by Gasteiger charge is -2.07.